The van der Waals surface area contributed by atoms with Crippen LogP contribution in [0.15, 0.2) is 0 Å². The molecule has 0 aliphatic carbocycles. The third-order valence-electron chi connectivity index (χ3n) is 4.76. The highest BCUT2D eigenvalue weighted by Crippen LogP contribution is 2.16. The lowest BCUT2D eigenvalue weighted by Crippen LogP contribution is -2.52. The maximum absolute atomic E-state index is 12.0. The van der Waals surface area contributed by atoms with Crippen molar-refractivity contribution in [3.63, 3.8) is 0 Å². The van der Waals surface area contributed by atoms with Gasteiger partial charge in [-0.2, -0.15) is 0 Å². The molecular weight excluding hydrogens is 266 g/mol. The maximum atomic E-state index is 12.0. The molecule has 0 aromatic rings. The number of carbonyl (C=O) groups excluding carboxylic acids is 1. The fourth-order valence-electron chi connectivity index (χ4n) is 2.93. The van der Waals surface area contributed by atoms with Crippen molar-refractivity contribution in [2.75, 3.05) is 46.9 Å². The SMILES string of the molecule is CCOC(=O)C(C)(CCCN1CCN(C)C(CC)C1)NC. The minimum Gasteiger partial charge on any atom is -0.465 e. The van der Waals surface area contributed by atoms with Gasteiger partial charge in [-0.15, -0.1) is 0 Å². The average molecular weight is 299 g/mol. The van der Waals surface area contributed by atoms with Crippen LogP contribution in [0.1, 0.15) is 40.0 Å². The quantitative estimate of drug-likeness (QED) is 0.685. The summed E-state index contributed by atoms with van der Waals surface area (Å²) in [5.74, 6) is -0.141. The molecule has 2 unspecified atom stereocenters. The van der Waals surface area contributed by atoms with Crippen LogP contribution in [0, 0.1) is 0 Å². The van der Waals surface area contributed by atoms with Crippen LogP contribution in [0.25, 0.3) is 0 Å². The topological polar surface area (TPSA) is 44.8 Å². The second-order valence-corrected chi connectivity index (χ2v) is 6.25. The van der Waals surface area contributed by atoms with Gasteiger partial charge in [0.1, 0.15) is 5.54 Å². The number of carbonyl (C=O) groups is 1. The van der Waals surface area contributed by atoms with Crippen molar-refractivity contribution in [3.05, 3.63) is 0 Å². The van der Waals surface area contributed by atoms with E-state index in [1.54, 1.807) is 0 Å². The maximum Gasteiger partial charge on any atom is 0.326 e. The van der Waals surface area contributed by atoms with Crippen molar-refractivity contribution in [1.82, 2.24) is 15.1 Å². The second-order valence-electron chi connectivity index (χ2n) is 6.25. The fourth-order valence-corrected chi connectivity index (χ4v) is 2.93. The Morgan fingerprint density at radius 1 is 1.38 bits per heavy atom. The molecular formula is C16H33N3O2. The number of hydrogen-bond acceptors (Lipinski definition) is 5. The van der Waals surface area contributed by atoms with Gasteiger partial charge in [0, 0.05) is 25.7 Å². The van der Waals surface area contributed by atoms with Gasteiger partial charge in [0.05, 0.1) is 6.61 Å². The minimum atomic E-state index is -0.563. The highest BCUT2D eigenvalue weighted by atomic mass is 16.5. The molecule has 1 saturated heterocycles. The second kappa shape index (κ2) is 8.71. The lowest BCUT2D eigenvalue weighted by molar-refractivity contribution is -0.150. The fraction of sp³-hybridized carbons (Fsp3) is 0.938. The summed E-state index contributed by atoms with van der Waals surface area (Å²) in [6.45, 7) is 10.9. The molecule has 0 bridgehead atoms. The Morgan fingerprint density at radius 3 is 2.67 bits per heavy atom. The monoisotopic (exact) mass is 299 g/mol. The van der Waals surface area contributed by atoms with E-state index in [2.05, 4.69) is 29.1 Å². The molecule has 0 aromatic heterocycles. The van der Waals surface area contributed by atoms with Gasteiger partial charge < -0.3 is 19.9 Å². The number of nitrogens with one attached hydrogen (secondary N) is 1. The van der Waals surface area contributed by atoms with Crippen molar-refractivity contribution >= 4 is 5.97 Å². The molecule has 5 nitrogen and oxygen atoms in total. The molecule has 0 radical (unpaired) electrons. The van der Waals surface area contributed by atoms with Crippen molar-refractivity contribution in [3.8, 4) is 0 Å². The summed E-state index contributed by atoms with van der Waals surface area (Å²) in [6, 6.07) is 0.666. The Kier molecular flexibility index (Phi) is 7.63. The predicted molar refractivity (Wildman–Crippen MR) is 86.5 cm³/mol. The summed E-state index contributed by atoms with van der Waals surface area (Å²) >= 11 is 0. The van der Waals surface area contributed by atoms with Gasteiger partial charge >= 0.3 is 5.97 Å². The summed E-state index contributed by atoms with van der Waals surface area (Å²) in [4.78, 5) is 17.0. The molecule has 0 spiro atoms. The van der Waals surface area contributed by atoms with Gasteiger partial charge in [0.15, 0.2) is 0 Å². The predicted octanol–water partition coefficient (Wildman–Crippen LogP) is 1.33. The lowest BCUT2D eigenvalue weighted by atomic mass is 9.95. The van der Waals surface area contributed by atoms with E-state index < -0.39 is 5.54 Å². The van der Waals surface area contributed by atoms with Crippen LogP contribution in [0.4, 0.5) is 0 Å². The van der Waals surface area contributed by atoms with E-state index in [4.69, 9.17) is 4.74 Å². The van der Waals surface area contributed by atoms with Crippen LogP contribution >= 0.6 is 0 Å². The summed E-state index contributed by atoms with van der Waals surface area (Å²) in [6.07, 6.45) is 3.02. The van der Waals surface area contributed by atoms with Crippen LogP contribution in [-0.2, 0) is 9.53 Å². The van der Waals surface area contributed by atoms with Crippen LogP contribution in [0.2, 0.25) is 0 Å². The van der Waals surface area contributed by atoms with Crippen LogP contribution in [-0.4, -0.2) is 74.2 Å². The molecule has 21 heavy (non-hydrogen) atoms. The largest absolute Gasteiger partial charge is 0.465 e. The number of likely N-dealkylation sites (N-methyl/N-ethyl adjacent to an activating group) is 2. The normalized spacial score (nSPS) is 23.8. The number of esters is 1. The number of rotatable bonds is 8. The first-order chi connectivity index (χ1) is 9.96. The van der Waals surface area contributed by atoms with E-state index in [-0.39, 0.29) is 5.97 Å². The molecule has 5 heteroatoms. The smallest absolute Gasteiger partial charge is 0.326 e. The standard InChI is InChI=1S/C16H33N3O2/c1-6-14-13-19(12-11-18(14)5)10-8-9-16(3,17-4)15(20)21-7-2/h14,17H,6-13H2,1-5H3. The highest BCUT2D eigenvalue weighted by molar-refractivity contribution is 5.80. The molecule has 124 valence electrons. The molecule has 1 rings (SSSR count). The zero-order chi connectivity index (χ0) is 15.9. The Morgan fingerprint density at radius 2 is 2.10 bits per heavy atom. The first kappa shape index (κ1) is 18.4. The first-order valence-corrected chi connectivity index (χ1v) is 8.25. The van der Waals surface area contributed by atoms with Gasteiger partial charge in [-0.25, -0.2) is 0 Å². The van der Waals surface area contributed by atoms with Crippen molar-refractivity contribution in [2.45, 2.75) is 51.6 Å². The summed E-state index contributed by atoms with van der Waals surface area (Å²) in [5.41, 5.74) is -0.563. The van der Waals surface area contributed by atoms with Crippen LogP contribution in [0.3, 0.4) is 0 Å². The number of nitrogens with zero attached hydrogens (tertiary/aromatic N) is 2. The third kappa shape index (κ3) is 5.24. The number of piperazine rings is 1. The summed E-state index contributed by atoms with van der Waals surface area (Å²) < 4.78 is 5.17. The van der Waals surface area contributed by atoms with Gasteiger partial charge in [0.25, 0.3) is 0 Å². The molecule has 1 heterocycles. The van der Waals surface area contributed by atoms with Gasteiger partial charge in [0.2, 0.25) is 0 Å². The molecule has 2 atom stereocenters. The minimum absolute atomic E-state index is 0.141. The molecule has 1 N–H and O–H groups in total. The molecule has 1 aliphatic heterocycles. The zero-order valence-electron chi connectivity index (χ0n) is 14.4. The Balaban J connectivity index is 2.39. The Bertz CT molecular complexity index is 325. The van der Waals surface area contributed by atoms with E-state index in [9.17, 15) is 4.79 Å². The van der Waals surface area contributed by atoms with Crippen LogP contribution in [0.5, 0.6) is 0 Å². The van der Waals surface area contributed by atoms with E-state index in [0.717, 1.165) is 39.0 Å². The summed E-state index contributed by atoms with van der Waals surface area (Å²) in [5, 5.41) is 3.13. The van der Waals surface area contributed by atoms with Crippen molar-refractivity contribution in [2.24, 2.45) is 0 Å². The Labute approximate surface area is 130 Å². The first-order valence-electron chi connectivity index (χ1n) is 8.25. The molecule has 0 saturated carbocycles. The van der Waals surface area contributed by atoms with Gasteiger partial charge in [-0.05, 0) is 53.8 Å². The lowest BCUT2D eigenvalue weighted by Gasteiger charge is -2.39. The molecule has 0 amide bonds. The average Bonchev–Trinajstić information content (AvgIpc) is 2.48. The Hall–Kier alpha value is -0.650. The number of ether oxygens (including phenoxy) is 1. The van der Waals surface area contributed by atoms with Crippen molar-refractivity contribution < 1.29 is 9.53 Å². The molecule has 1 aliphatic rings. The zero-order valence-corrected chi connectivity index (χ0v) is 14.4. The third-order valence-corrected chi connectivity index (χ3v) is 4.76. The number of hydrogen-bond donors (Lipinski definition) is 1. The highest BCUT2D eigenvalue weighted by Gasteiger charge is 2.32. The van der Waals surface area contributed by atoms with E-state index in [1.165, 1.54) is 6.42 Å². The van der Waals surface area contributed by atoms with Crippen molar-refractivity contribution in [1.29, 1.82) is 0 Å². The van der Waals surface area contributed by atoms with E-state index in [0.29, 0.717) is 12.6 Å². The van der Waals surface area contributed by atoms with E-state index >= 15 is 0 Å². The molecule has 1 fully saturated rings. The summed E-state index contributed by atoms with van der Waals surface area (Å²) in [7, 11) is 4.05. The molecule has 0 aromatic carbocycles. The van der Waals surface area contributed by atoms with Crippen LogP contribution < -0.4 is 5.32 Å². The van der Waals surface area contributed by atoms with Gasteiger partial charge in [-0.3, -0.25) is 4.79 Å². The van der Waals surface area contributed by atoms with E-state index in [1.807, 2.05) is 20.9 Å². The van der Waals surface area contributed by atoms with Gasteiger partial charge in [-0.1, -0.05) is 6.92 Å².